The molecule has 1 aliphatic heterocycles. The molecule has 1 atom stereocenters. The number of nitrogens with one attached hydrogen (secondary N) is 1. The summed E-state index contributed by atoms with van der Waals surface area (Å²) in [5.41, 5.74) is 0.756. The third-order valence-electron chi connectivity index (χ3n) is 3.10. The van der Waals surface area contributed by atoms with E-state index in [2.05, 4.69) is 5.32 Å². The molecule has 0 radical (unpaired) electrons. The van der Waals surface area contributed by atoms with E-state index in [9.17, 15) is 14.0 Å². The first-order chi connectivity index (χ1) is 9.49. The van der Waals surface area contributed by atoms with E-state index in [1.807, 2.05) is 0 Å². The zero-order valence-electron chi connectivity index (χ0n) is 10.9. The van der Waals surface area contributed by atoms with Crippen LogP contribution in [0, 0.1) is 12.7 Å². The van der Waals surface area contributed by atoms with Crippen molar-refractivity contribution in [3.63, 3.8) is 0 Å². The number of carboxylic acid groups (broad SMARTS) is 1. The van der Waals surface area contributed by atoms with Crippen LogP contribution in [0.15, 0.2) is 18.2 Å². The predicted octanol–water partition coefficient (Wildman–Crippen LogP) is 1.45. The monoisotopic (exact) mass is 282 g/mol. The van der Waals surface area contributed by atoms with Gasteiger partial charge in [-0.05, 0) is 24.6 Å². The van der Waals surface area contributed by atoms with Gasteiger partial charge >= 0.3 is 12.0 Å². The molecule has 2 rings (SSSR count). The lowest BCUT2D eigenvalue weighted by Gasteiger charge is -2.32. The molecule has 0 aliphatic carbocycles. The number of morpholine rings is 1. The minimum absolute atomic E-state index is 0.0506. The lowest BCUT2D eigenvalue weighted by molar-refractivity contribution is -0.147. The number of benzene rings is 1. The number of ether oxygens (including phenoxy) is 1. The van der Waals surface area contributed by atoms with Crippen LogP contribution >= 0.6 is 0 Å². The number of halogens is 1. The molecule has 2 amide bonds. The molecule has 1 aliphatic rings. The highest BCUT2D eigenvalue weighted by Gasteiger charge is 2.32. The fourth-order valence-corrected chi connectivity index (χ4v) is 1.92. The van der Waals surface area contributed by atoms with Gasteiger partial charge in [0.25, 0.3) is 0 Å². The van der Waals surface area contributed by atoms with Gasteiger partial charge in [0.1, 0.15) is 5.82 Å². The minimum atomic E-state index is -1.13. The number of anilines is 1. The molecule has 20 heavy (non-hydrogen) atoms. The van der Waals surface area contributed by atoms with E-state index < -0.39 is 23.9 Å². The van der Waals surface area contributed by atoms with Crippen molar-refractivity contribution in [2.24, 2.45) is 0 Å². The molecule has 2 N–H and O–H groups in total. The molecular formula is C13H15FN2O4. The van der Waals surface area contributed by atoms with Gasteiger partial charge in [-0.1, -0.05) is 6.07 Å². The van der Waals surface area contributed by atoms with Gasteiger partial charge in [-0.3, -0.25) is 0 Å². The van der Waals surface area contributed by atoms with Crippen molar-refractivity contribution in [3.05, 3.63) is 29.6 Å². The van der Waals surface area contributed by atoms with Crippen LogP contribution in [0.5, 0.6) is 0 Å². The largest absolute Gasteiger partial charge is 0.480 e. The number of carboxylic acids is 1. The summed E-state index contributed by atoms with van der Waals surface area (Å²) in [6.07, 6.45) is 0. The first-order valence-corrected chi connectivity index (χ1v) is 6.13. The van der Waals surface area contributed by atoms with Crippen molar-refractivity contribution in [1.29, 1.82) is 0 Å². The number of amides is 2. The molecular weight excluding hydrogens is 267 g/mol. The zero-order valence-corrected chi connectivity index (χ0v) is 10.9. The second-order valence-corrected chi connectivity index (χ2v) is 4.52. The summed E-state index contributed by atoms with van der Waals surface area (Å²) in [6, 6.07) is 2.69. The maximum Gasteiger partial charge on any atom is 0.328 e. The van der Waals surface area contributed by atoms with Crippen molar-refractivity contribution in [2.45, 2.75) is 13.0 Å². The smallest absolute Gasteiger partial charge is 0.328 e. The molecule has 6 nitrogen and oxygen atoms in total. The number of hydrogen-bond donors (Lipinski definition) is 2. The van der Waals surface area contributed by atoms with Crippen molar-refractivity contribution < 1.29 is 23.8 Å². The third-order valence-corrected chi connectivity index (χ3v) is 3.10. The highest BCUT2D eigenvalue weighted by Crippen LogP contribution is 2.15. The Morgan fingerprint density at radius 1 is 1.50 bits per heavy atom. The van der Waals surface area contributed by atoms with Crippen LogP contribution < -0.4 is 5.32 Å². The van der Waals surface area contributed by atoms with E-state index in [0.717, 1.165) is 0 Å². The predicted molar refractivity (Wildman–Crippen MR) is 69.1 cm³/mol. The van der Waals surface area contributed by atoms with Crippen molar-refractivity contribution >= 4 is 17.7 Å². The maximum atomic E-state index is 13.4. The molecule has 1 aromatic rings. The minimum Gasteiger partial charge on any atom is -0.480 e. The fraction of sp³-hybridized carbons (Fsp3) is 0.385. The van der Waals surface area contributed by atoms with Crippen LogP contribution in [0.25, 0.3) is 0 Å². The summed E-state index contributed by atoms with van der Waals surface area (Å²) in [7, 11) is 0. The van der Waals surface area contributed by atoms with Gasteiger partial charge in [-0.2, -0.15) is 0 Å². The third kappa shape index (κ3) is 3.05. The first-order valence-electron chi connectivity index (χ1n) is 6.13. The van der Waals surface area contributed by atoms with Gasteiger partial charge in [0.05, 0.1) is 13.2 Å². The van der Waals surface area contributed by atoms with Gasteiger partial charge in [0, 0.05) is 12.2 Å². The number of aryl methyl sites for hydroxylation is 1. The van der Waals surface area contributed by atoms with Crippen LogP contribution in [-0.4, -0.2) is 47.8 Å². The number of rotatable bonds is 2. The molecule has 0 spiro atoms. The van der Waals surface area contributed by atoms with Crippen LogP contribution in [0.4, 0.5) is 14.9 Å². The molecule has 0 saturated carbocycles. The van der Waals surface area contributed by atoms with E-state index in [0.29, 0.717) is 5.56 Å². The second-order valence-electron chi connectivity index (χ2n) is 4.52. The van der Waals surface area contributed by atoms with Gasteiger partial charge in [0.15, 0.2) is 6.04 Å². The summed E-state index contributed by atoms with van der Waals surface area (Å²) < 4.78 is 18.4. The Balaban J connectivity index is 2.09. The lowest BCUT2D eigenvalue weighted by atomic mass is 10.2. The van der Waals surface area contributed by atoms with Gasteiger partial charge < -0.3 is 20.1 Å². The Bertz CT molecular complexity index is 535. The van der Waals surface area contributed by atoms with E-state index >= 15 is 0 Å². The Hall–Kier alpha value is -2.15. The Kier molecular flexibility index (Phi) is 4.19. The highest BCUT2D eigenvalue weighted by molar-refractivity contribution is 5.92. The molecule has 1 saturated heterocycles. The van der Waals surface area contributed by atoms with Gasteiger partial charge in [-0.25, -0.2) is 14.0 Å². The van der Waals surface area contributed by atoms with E-state index in [-0.39, 0.29) is 25.4 Å². The van der Waals surface area contributed by atoms with Crippen molar-refractivity contribution in [2.75, 3.05) is 25.1 Å². The fourth-order valence-electron chi connectivity index (χ4n) is 1.92. The topological polar surface area (TPSA) is 78.9 Å². The first kappa shape index (κ1) is 14.3. The van der Waals surface area contributed by atoms with Crippen LogP contribution in [0.2, 0.25) is 0 Å². The Morgan fingerprint density at radius 2 is 2.25 bits per heavy atom. The molecule has 0 aromatic heterocycles. The molecule has 1 aromatic carbocycles. The lowest BCUT2D eigenvalue weighted by Crippen LogP contribution is -2.53. The number of hydrogen-bond acceptors (Lipinski definition) is 3. The summed E-state index contributed by atoms with van der Waals surface area (Å²) in [4.78, 5) is 24.3. The average Bonchev–Trinajstić information content (AvgIpc) is 2.43. The molecule has 0 bridgehead atoms. The molecule has 7 heteroatoms. The molecule has 1 heterocycles. The summed E-state index contributed by atoms with van der Waals surface area (Å²) >= 11 is 0. The SMILES string of the molecule is Cc1ccc(NC(=O)N2CCOCC2C(=O)O)cc1F. The summed E-state index contributed by atoms with van der Waals surface area (Å²) in [5.74, 6) is -1.56. The van der Waals surface area contributed by atoms with Gasteiger partial charge in [0.2, 0.25) is 0 Å². The average molecular weight is 282 g/mol. The number of carbonyl (C=O) groups excluding carboxylic acids is 1. The number of nitrogens with zero attached hydrogens (tertiary/aromatic N) is 1. The molecule has 1 unspecified atom stereocenters. The van der Waals surface area contributed by atoms with Crippen molar-refractivity contribution in [3.8, 4) is 0 Å². The Labute approximate surface area is 115 Å². The van der Waals surface area contributed by atoms with Crippen LogP contribution in [0.3, 0.4) is 0 Å². The van der Waals surface area contributed by atoms with E-state index in [4.69, 9.17) is 9.84 Å². The maximum absolute atomic E-state index is 13.4. The second kappa shape index (κ2) is 5.87. The van der Waals surface area contributed by atoms with E-state index in [1.165, 1.54) is 11.0 Å². The molecule has 1 fully saturated rings. The summed E-state index contributed by atoms with van der Waals surface area (Å²) in [6.45, 7) is 2.02. The quantitative estimate of drug-likeness (QED) is 0.860. The van der Waals surface area contributed by atoms with Crippen LogP contribution in [-0.2, 0) is 9.53 Å². The van der Waals surface area contributed by atoms with E-state index in [1.54, 1.807) is 19.1 Å². The van der Waals surface area contributed by atoms with Crippen molar-refractivity contribution in [1.82, 2.24) is 4.90 Å². The number of aliphatic carboxylic acids is 1. The number of carbonyl (C=O) groups is 2. The normalized spacial score (nSPS) is 18.7. The number of urea groups is 1. The highest BCUT2D eigenvalue weighted by atomic mass is 19.1. The zero-order chi connectivity index (χ0) is 14.7. The standard InChI is InChI=1S/C13H15FN2O4/c1-8-2-3-9(6-10(8)14)15-13(19)16-4-5-20-7-11(16)12(17)18/h2-3,6,11H,4-5,7H2,1H3,(H,15,19)(H,17,18). The summed E-state index contributed by atoms with van der Waals surface area (Å²) in [5, 5.41) is 11.5. The molecule has 108 valence electrons. The van der Waals surface area contributed by atoms with Gasteiger partial charge in [-0.15, -0.1) is 0 Å². The van der Waals surface area contributed by atoms with Crippen LogP contribution in [0.1, 0.15) is 5.56 Å². The Morgan fingerprint density at radius 3 is 2.90 bits per heavy atom.